The molecule has 1 fully saturated rings. The Morgan fingerprint density at radius 2 is 2.12 bits per heavy atom. The van der Waals surface area contributed by atoms with Crippen molar-refractivity contribution in [2.45, 2.75) is 5.03 Å². The van der Waals surface area contributed by atoms with E-state index in [9.17, 15) is 8.42 Å². The normalized spacial score (nSPS) is 17.9. The molecule has 0 radical (unpaired) electrons. The van der Waals surface area contributed by atoms with Crippen LogP contribution in [0.15, 0.2) is 23.4 Å². The number of hydrazine groups is 1. The summed E-state index contributed by atoms with van der Waals surface area (Å²) in [5.41, 5.74) is 2.63. The van der Waals surface area contributed by atoms with Crippen molar-refractivity contribution < 1.29 is 13.2 Å². The topological polar surface area (TPSA) is 97.5 Å². The van der Waals surface area contributed by atoms with Crippen molar-refractivity contribution in [1.82, 2.24) is 9.29 Å². The summed E-state index contributed by atoms with van der Waals surface area (Å²) in [5.74, 6) is 5.28. The molecule has 0 amide bonds. The molecule has 0 unspecified atom stereocenters. The molecule has 0 aromatic carbocycles. The molecule has 2 heterocycles. The van der Waals surface area contributed by atoms with E-state index in [1.54, 1.807) is 12.1 Å². The maximum absolute atomic E-state index is 12.3. The summed E-state index contributed by atoms with van der Waals surface area (Å²) in [6.45, 7) is 1.47. The van der Waals surface area contributed by atoms with Crippen LogP contribution in [0.5, 0.6) is 0 Å². The molecule has 7 nitrogen and oxygen atoms in total. The minimum Gasteiger partial charge on any atom is -0.379 e. The molecule has 8 heteroatoms. The van der Waals surface area contributed by atoms with Crippen LogP contribution >= 0.6 is 0 Å². The van der Waals surface area contributed by atoms with E-state index in [0.29, 0.717) is 32.0 Å². The Hall–Kier alpha value is -1.22. The fourth-order valence-electron chi connectivity index (χ4n) is 1.62. The Labute approximate surface area is 99.6 Å². The van der Waals surface area contributed by atoms with Crippen molar-refractivity contribution in [1.29, 1.82) is 0 Å². The first kappa shape index (κ1) is 12.2. The van der Waals surface area contributed by atoms with Gasteiger partial charge in [-0.25, -0.2) is 13.4 Å². The fourth-order valence-corrected chi connectivity index (χ4v) is 3.09. The van der Waals surface area contributed by atoms with Gasteiger partial charge in [-0.05, 0) is 12.1 Å². The summed E-state index contributed by atoms with van der Waals surface area (Å²) in [7, 11) is -3.61. The van der Waals surface area contributed by atoms with E-state index >= 15 is 0 Å². The summed E-state index contributed by atoms with van der Waals surface area (Å²) in [5, 5.41) is -0.0515. The zero-order valence-corrected chi connectivity index (χ0v) is 9.98. The van der Waals surface area contributed by atoms with Crippen LogP contribution in [0.3, 0.4) is 0 Å². The zero-order valence-electron chi connectivity index (χ0n) is 9.17. The maximum Gasteiger partial charge on any atom is 0.262 e. The number of sulfonamides is 1. The first-order valence-electron chi connectivity index (χ1n) is 5.16. The third-order valence-corrected chi connectivity index (χ3v) is 4.34. The number of nitrogen functional groups attached to an aromatic ring is 1. The first-order valence-corrected chi connectivity index (χ1v) is 6.60. The number of ether oxygens (including phenoxy) is 1. The average molecular weight is 258 g/mol. The summed E-state index contributed by atoms with van der Waals surface area (Å²) >= 11 is 0. The van der Waals surface area contributed by atoms with Crippen LogP contribution in [0.4, 0.5) is 5.69 Å². The van der Waals surface area contributed by atoms with Crippen molar-refractivity contribution in [2.75, 3.05) is 31.7 Å². The Morgan fingerprint density at radius 3 is 2.76 bits per heavy atom. The molecule has 1 aromatic rings. The highest BCUT2D eigenvalue weighted by atomic mass is 32.2. The molecule has 3 N–H and O–H groups in total. The lowest BCUT2D eigenvalue weighted by Gasteiger charge is -2.26. The smallest absolute Gasteiger partial charge is 0.262 e. The molecule has 0 bridgehead atoms. The highest BCUT2D eigenvalue weighted by molar-refractivity contribution is 7.89. The van der Waals surface area contributed by atoms with Crippen LogP contribution in [-0.2, 0) is 14.8 Å². The van der Waals surface area contributed by atoms with E-state index in [2.05, 4.69) is 10.4 Å². The largest absolute Gasteiger partial charge is 0.379 e. The van der Waals surface area contributed by atoms with E-state index in [4.69, 9.17) is 10.6 Å². The number of anilines is 1. The molecule has 2 rings (SSSR count). The Balaban J connectivity index is 2.36. The molecular weight excluding hydrogens is 244 g/mol. The quantitative estimate of drug-likeness (QED) is 0.554. The number of pyridine rings is 1. The van der Waals surface area contributed by atoms with Crippen molar-refractivity contribution in [3.63, 3.8) is 0 Å². The number of nitrogens with one attached hydrogen (secondary N) is 1. The number of hydrogen-bond acceptors (Lipinski definition) is 6. The van der Waals surface area contributed by atoms with Crippen LogP contribution in [0.25, 0.3) is 0 Å². The van der Waals surface area contributed by atoms with Gasteiger partial charge >= 0.3 is 0 Å². The Morgan fingerprint density at radius 1 is 1.41 bits per heavy atom. The van der Waals surface area contributed by atoms with Crippen molar-refractivity contribution in [2.24, 2.45) is 5.84 Å². The lowest BCUT2D eigenvalue weighted by atomic mass is 10.4. The van der Waals surface area contributed by atoms with E-state index in [1.165, 1.54) is 10.5 Å². The second kappa shape index (κ2) is 4.96. The van der Waals surface area contributed by atoms with Gasteiger partial charge in [0.25, 0.3) is 10.0 Å². The SMILES string of the molecule is NNc1cccnc1S(=O)(=O)N1CCOCC1. The third-order valence-electron chi connectivity index (χ3n) is 2.48. The maximum atomic E-state index is 12.3. The summed E-state index contributed by atoms with van der Waals surface area (Å²) in [6.07, 6.45) is 1.42. The van der Waals surface area contributed by atoms with E-state index in [-0.39, 0.29) is 5.03 Å². The first-order chi connectivity index (χ1) is 8.16. The number of morpholine rings is 1. The van der Waals surface area contributed by atoms with Gasteiger partial charge in [-0.1, -0.05) is 0 Å². The van der Waals surface area contributed by atoms with Gasteiger partial charge in [0.05, 0.1) is 18.9 Å². The second-order valence-corrected chi connectivity index (χ2v) is 5.37. The summed E-state index contributed by atoms with van der Waals surface area (Å²) in [4.78, 5) is 3.88. The number of aromatic nitrogens is 1. The Kier molecular flexibility index (Phi) is 3.57. The lowest BCUT2D eigenvalue weighted by Crippen LogP contribution is -2.41. The van der Waals surface area contributed by atoms with Crippen LogP contribution < -0.4 is 11.3 Å². The number of rotatable bonds is 3. The fraction of sp³-hybridized carbons (Fsp3) is 0.444. The van der Waals surface area contributed by atoms with Crippen LogP contribution in [0, 0.1) is 0 Å². The Bertz CT molecular complexity index is 485. The minimum atomic E-state index is -3.61. The van der Waals surface area contributed by atoms with Gasteiger partial charge in [-0.3, -0.25) is 5.84 Å². The monoisotopic (exact) mass is 258 g/mol. The summed E-state index contributed by atoms with van der Waals surface area (Å²) in [6, 6.07) is 3.19. The molecule has 1 aliphatic rings. The van der Waals surface area contributed by atoms with Gasteiger partial charge in [-0.15, -0.1) is 0 Å². The lowest BCUT2D eigenvalue weighted by molar-refractivity contribution is 0.0729. The van der Waals surface area contributed by atoms with E-state index in [0.717, 1.165) is 0 Å². The number of hydrogen-bond donors (Lipinski definition) is 2. The molecule has 17 heavy (non-hydrogen) atoms. The molecule has 1 aliphatic heterocycles. The predicted octanol–water partition coefficient (Wildman–Crippen LogP) is -0.612. The predicted molar refractivity (Wildman–Crippen MR) is 61.6 cm³/mol. The molecular formula is C9H14N4O3S. The standard InChI is InChI=1S/C9H14N4O3S/c10-12-8-2-1-3-11-9(8)17(14,15)13-4-6-16-7-5-13/h1-3,12H,4-7,10H2. The molecule has 1 aromatic heterocycles. The highest BCUT2D eigenvalue weighted by Crippen LogP contribution is 2.21. The minimum absolute atomic E-state index is 0.0515. The third kappa shape index (κ3) is 2.39. The molecule has 0 atom stereocenters. The van der Waals surface area contributed by atoms with Crippen LogP contribution in [-0.4, -0.2) is 44.0 Å². The van der Waals surface area contributed by atoms with Gasteiger partial charge < -0.3 is 10.2 Å². The van der Waals surface area contributed by atoms with Crippen molar-refractivity contribution in [3.8, 4) is 0 Å². The van der Waals surface area contributed by atoms with Crippen LogP contribution in [0.2, 0.25) is 0 Å². The van der Waals surface area contributed by atoms with Gasteiger partial charge in [0.2, 0.25) is 0 Å². The van der Waals surface area contributed by atoms with E-state index < -0.39 is 10.0 Å². The molecule has 0 spiro atoms. The summed E-state index contributed by atoms with van der Waals surface area (Å²) < 4.78 is 31.0. The van der Waals surface area contributed by atoms with Crippen molar-refractivity contribution in [3.05, 3.63) is 18.3 Å². The van der Waals surface area contributed by atoms with Crippen molar-refractivity contribution >= 4 is 15.7 Å². The molecule has 0 saturated carbocycles. The molecule has 0 aliphatic carbocycles. The van der Waals surface area contributed by atoms with Gasteiger partial charge in [0.15, 0.2) is 5.03 Å². The van der Waals surface area contributed by atoms with Crippen LogP contribution in [0.1, 0.15) is 0 Å². The number of nitrogens with zero attached hydrogens (tertiary/aromatic N) is 2. The molecule has 94 valence electrons. The highest BCUT2D eigenvalue weighted by Gasteiger charge is 2.29. The molecule has 1 saturated heterocycles. The average Bonchev–Trinajstić information content (AvgIpc) is 2.39. The van der Waals surface area contributed by atoms with Gasteiger partial charge in [0, 0.05) is 19.3 Å². The van der Waals surface area contributed by atoms with E-state index in [1.807, 2.05) is 0 Å². The number of nitrogens with two attached hydrogens (primary N) is 1. The van der Waals surface area contributed by atoms with Gasteiger partial charge in [-0.2, -0.15) is 4.31 Å². The van der Waals surface area contributed by atoms with Gasteiger partial charge in [0.1, 0.15) is 0 Å². The second-order valence-electron chi connectivity index (χ2n) is 3.52. The zero-order chi connectivity index (χ0) is 12.3.